The van der Waals surface area contributed by atoms with Gasteiger partial charge in [-0.1, -0.05) is 54.6 Å². The molecule has 3 aromatic rings. The Labute approximate surface area is 176 Å². The third-order valence-electron chi connectivity index (χ3n) is 5.60. The number of carbonyl (C=O) groups is 1. The van der Waals surface area contributed by atoms with E-state index < -0.39 is 0 Å². The predicted octanol–water partition coefficient (Wildman–Crippen LogP) is 2.67. The zero-order chi connectivity index (χ0) is 20.1. The number of quaternary nitrogens is 1. The monoisotopic (exact) mass is 406 g/mol. The standard InChI is InChI=1S/C24H27N3OS/c1-19-8-5-6-11-21(19)27-15-13-26(14-16-27)18-23(28)25-24(22-12-7-17-29-22)20-9-3-2-4-10-20/h2-12,17,24H,13-16,18H2,1H3,(H,25,28)/p+1/t24-/m1/s1. The Morgan fingerprint density at radius 1 is 1.03 bits per heavy atom. The van der Waals surface area contributed by atoms with Gasteiger partial charge in [0, 0.05) is 10.6 Å². The molecule has 1 amide bonds. The van der Waals surface area contributed by atoms with Crippen LogP contribution in [-0.2, 0) is 4.79 Å². The lowest BCUT2D eigenvalue weighted by molar-refractivity contribution is -0.892. The van der Waals surface area contributed by atoms with Crippen molar-refractivity contribution < 1.29 is 9.69 Å². The summed E-state index contributed by atoms with van der Waals surface area (Å²) in [5.74, 6) is 0.117. The number of thiophene rings is 1. The summed E-state index contributed by atoms with van der Waals surface area (Å²) >= 11 is 1.68. The molecule has 0 spiro atoms. The van der Waals surface area contributed by atoms with Gasteiger partial charge in [0.15, 0.2) is 6.54 Å². The second kappa shape index (κ2) is 9.25. The number of nitrogens with one attached hydrogen (secondary N) is 2. The summed E-state index contributed by atoms with van der Waals surface area (Å²) in [5, 5.41) is 5.34. The molecule has 1 aliphatic heterocycles. The van der Waals surface area contributed by atoms with Gasteiger partial charge in [-0.25, -0.2) is 0 Å². The number of benzene rings is 2. The smallest absolute Gasteiger partial charge is 0.275 e. The van der Waals surface area contributed by atoms with Crippen molar-refractivity contribution in [3.8, 4) is 0 Å². The van der Waals surface area contributed by atoms with Gasteiger partial charge in [-0.15, -0.1) is 11.3 Å². The van der Waals surface area contributed by atoms with Gasteiger partial charge in [-0.05, 0) is 35.6 Å². The van der Waals surface area contributed by atoms with Gasteiger partial charge >= 0.3 is 0 Å². The van der Waals surface area contributed by atoms with E-state index in [2.05, 4.69) is 65.0 Å². The molecule has 2 aromatic carbocycles. The highest BCUT2D eigenvalue weighted by atomic mass is 32.1. The van der Waals surface area contributed by atoms with Crippen LogP contribution in [-0.4, -0.2) is 38.6 Å². The van der Waals surface area contributed by atoms with Crippen molar-refractivity contribution in [1.82, 2.24) is 5.32 Å². The summed E-state index contributed by atoms with van der Waals surface area (Å²) in [6.45, 7) is 6.63. The first-order chi connectivity index (χ1) is 14.2. The van der Waals surface area contributed by atoms with Gasteiger partial charge in [0.2, 0.25) is 0 Å². The van der Waals surface area contributed by atoms with E-state index in [0.717, 1.165) is 31.7 Å². The first kappa shape index (κ1) is 19.7. The highest BCUT2D eigenvalue weighted by molar-refractivity contribution is 7.10. The van der Waals surface area contributed by atoms with Gasteiger partial charge in [-0.3, -0.25) is 4.79 Å². The third kappa shape index (κ3) is 4.86. The average Bonchev–Trinajstić information content (AvgIpc) is 3.28. The molecule has 29 heavy (non-hydrogen) atoms. The average molecular weight is 407 g/mol. The van der Waals surface area contributed by atoms with Crippen LogP contribution in [0.3, 0.4) is 0 Å². The zero-order valence-corrected chi connectivity index (χ0v) is 17.6. The number of hydrogen-bond donors (Lipinski definition) is 2. The third-order valence-corrected chi connectivity index (χ3v) is 6.54. The molecule has 4 nitrogen and oxygen atoms in total. The van der Waals surface area contributed by atoms with Gasteiger partial charge in [-0.2, -0.15) is 0 Å². The van der Waals surface area contributed by atoms with Crippen LogP contribution in [0, 0.1) is 6.92 Å². The second-order valence-electron chi connectivity index (χ2n) is 7.63. The molecule has 0 radical (unpaired) electrons. The first-order valence-corrected chi connectivity index (χ1v) is 11.1. The summed E-state index contributed by atoms with van der Waals surface area (Å²) in [4.78, 5) is 17.8. The molecule has 0 unspecified atom stereocenters. The molecule has 4 rings (SSSR count). The Kier molecular flexibility index (Phi) is 6.27. The van der Waals surface area contributed by atoms with Crippen LogP contribution in [0.2, 0.25) is 0 Å². The Morgan fingerprint density at radius 3 is 2.45 bits per heavy atom. The van der Waals surface area contributed by atoms with Crippen molar-refractivity contribution in [3.05, 3.63) is 88.1 Å². The topological polar surface area (TPSA) is 36.8 Å². The number of piperazine rings is 1. The number of carbonyl (C=O) groups excluding carboxylic acids is 1. The molecule has 1 aromatic heterocycles. The van der Waals surface area contributed by atoms with Gasteiger partial charge in [0.1, 0.15) is 0 Å². The molecule has 1 fully saturated rings. The summed E-state index contributed by atoms with van der Waals surface area (Å²) in [7, 11) is 0. The van der Waals surface area contributed by atoms with Crippen LogP contribution >= 0.6 is 11.3 Å². The largest absolute Gasteiger partial charge is 0.360 e. The maximum absolute atomic E-state index is 12.9. The van der Waals surface area contributed by atoms with Crippen LogP contribution in [0.1, 0.15) is 22.0 Å². The minimum atomic E-state index is -0.0728. The quantitative estimate of drug-likeness (QED) is 0.660. The van der Waals surface area contributed by atoms with Gasteiger partial charge in [0.25, 0.3) is 5.91 Å². The molecule has 0 bridgehead atoms. The van der Waals surface area contributed by atoms with Crippen LogP contribution in [0.25, 0.3) is 0 Å². The first-order valence-electron chi connectivity index (χ1n) is 10.2. The van der Waals surface area contributed by atoms with Crippen LogP contribution < -0.4 is 15.1 Å². The molecule has 1 atom stereocenters. The molecule has 1 saturated heterocycles. The van der Waals surface area contributed by atoms with Crippen molar-refractivity contribution in [3.63, 3.8) is 0 Å². The number of para-hydroxylation sites is 1. The van der Waals surface area contributed by atoms with Crippen LogP contribution in [0.4, 0.5) is 5.69 Å². The predicted molar refractivity (Wildman–Crippen MR) is 120 cm³/mol. The minimum absolute atomic E-state index is 0.0728. The summed E-state index contributed by atoms with van der Waals surface area (Å²) in [6, 6.07) is 22.8. The minimum Gasteiger partial charge on any atom is -0.360 e. The van der Waals surface area contributed by atoms with E-state index >= 15 is 0 Å². The molecule has 1 aliphatic rings. The van der Waals surface area contributed by atoms with Crippen molar-refractivity contribution in [2.45, 2.75) is 13.0 Å². The Morgan fingerprint density at radius 2 is 1.76 bits per heavy atom. The molecule has 0 aliphatic carbocycles. The van der Waals surface area contributed by atoms with E-state index in [1.54, 1.807) is 11.3 Å². The van der Waals surface area contributed by atoms with Crippen molar-refractivity contribution in [1.29, 1.82) is 0 Å². The van der Waals surface area contributed by atoms with Gasteiger partial charge in [0.05, 0.1) is 32.2 Å². The molecule has 0 saturated carbocycles. The Balaban J connectivity index is 1.35. The SMILES string of the molecule is Cc1ccccc1N1CC[NH+](CC(=O)N[C@H](c2ccccc2)c2cccs2)CC1. The molecule has 2 heterocycles. The highest BCUT2D eigenvalue weighted by Crippen LogP contribution is 2.25. The molecule has 150 valence electrons. The fourth-order valence-corrected chi connectivity index (χ4v) is 4.82. The van der Waals surface area contributed by atoms with E-state index in [0.29, 0.717) is 6.54 Å². The maximum Gasteiger partial charge on any atom is 0.275 e. The molecular formula is C24H28N3OS+. The lowest BCUT2D eigenvalue weighted by Crippen LogP contribution is -3.16. The van der Waals surface area contributed by atoms with Crippen LogP contribution in [0.15, 0.2) is 72.1 Å². The summed E-state index contributed by atoms with van der Waals surface area (Å²) in [5.41, 5.74) is 3.76. The van der Waals surface area contributed by atoms with E-state index in [4.69, 9.17) is 0 Å². The van der Waals surface area contributed by atoms with Crippen molar-refractivity contribution in [2.75, 3.05) is 37.6 Å². The Hall–Kier alpha value is -2.63. The highest BCUT2D eigenvalue weighted by Gasteiger charge is 2.25. The summed E-state index contributed by atoms with van der Waals surface area (Å²) in [6.07, 6.45) is 0. The normalized spacial score (nSPS) is 15.8. The number of amides is 1. The number of rotatable bonds is 6. The van der Waals surface area contributed by atoms with Crippen molar-refractivity contribution in [2.24, 2.45) is 0 Å². The second-order valence-corrected chi connectivity index (χ2v) is 8.61. The fourth-order valence-electron chi connectivity index (χ4n) is 4.02. The fraction of sp³-hybridized carbons (Fsp3) is 0.292. The van der Waals surface area contributed by atoms with Gasteiger partial charge < -0.3 is 15.1 Å². The van der Waals surface area contributed by atoms with Crippen molar-refractivity contribution >= 4 is 22.9 Å². The molecule has 5 heteroatoms. The number of anilines is 1. The zero-order valence-electron chi connectivity index (χ0n) is 16.8. The lowest BCUT2D eigenvalue weighted by atomic mass is 10.1. The number of hydrogen-bond acceptors (Lipinski definition) is 3. The number of nitrogens with zero attached hydrogens (tertiary/aromatic N) is 1. The summed E-state index contributed by atoms with van der Waals surface area (Å²) < 4.78 is 0. The lowest BCUT2D eigenvalue weighted by Gasteiger charge is -2.34. The number of aryl methyl sites for hydroxylation is 1. The van der Waals surface area contributed by atoms with E-state index in [-0.39, 0.29) is 11.9 Å². The molecule has 2 N–H and O–H groups in total. The Bertz CT molecular complexity index is 918. The van der Waals surface area contributed by atoms with E-state index in [9.17, 15) is 4.79 Å². The van der Waals surface area contributed by atoms with E-state index in [1.807, 2.05) is 24.3 Å². The van der Waals surface area contributed by atoms with E-state index in [1.165, 1.54) is 21.0 Å². The molecular weight excluding hydrogens is 378 g/mol. The van der Waals surface area contributed by atoms with Crippen LogP contribution in [0.5, 0.6) is 0 Å². The maximum atomic E-state index is 12.9.